The van der Waals surface area contributed by atoms with Gasteiger partial charge in [0.05, 0.1) is 18.8 Å². The average molecular weight is 289 g/mol. The van der Waals surface area contributed by atoms with Crippen molar-refractivity contribution in [2.24, 2.45) is 0 Å². The van der Waals surface area contributed by atoms with Crippen molar-refractivity contribution < 1.29 is 9.13 Å². The highest BCUT2D eigenvalue weighted by Crippen LogP contribution is 2.36. The molecule has 0 bridgehead atoms. The van der Waals surface area contributed by atoms with Crippen molar-refractivity contribution in [3.63, 3.8) is 0 Å². The molecule has 0 amide bonds. The normalized spacial score (nSPS) is 17.4. The summed E-state index contributed by atoms with van der Waals surface area (Å²) in [6.45, 7) is 0. The van der Waals surface area contributed by atoms with Crippen LogP contribution in [0.25, 0.3) is 0 Å². The Bertz CT molecular complexity index is 617. The molecule has 2 aromatic carbocycles. The fourth-order valence-electron chi connectivity index (χ4n) is 2.47. The molecule has 2 aromatic rings. The van der Waals surface area contributed by atoms with E-state index in [1.54, 1.807) is 13.2 Å². The molecule has 0 fully saturated rings. The predicted octanol–water partition coefficient (Wildman–Crippen LogP) is 4.23. The summed E-state index contributed by atoms with van der Waals surface area (Å²) in [5.41, 5.74) is 3.51. The van der Waals surface area contributed by atoms with E-state index in [1.165, 1.54) is 23.3 Å². The summed E-state index contributed by atoms with van der Waals surface area (Å²) in [7, 11) is 1.56. The minimum Gasteiger partial charge on any atom is -0.494 e. The number of benzene rings is 2. The van der Waals surface area contributed by atoms with E-state index in [4.69, 9.17) is 4.74 Å². The Morgan fingerprint density at radius 3 is 2.95 bits per heavy atom. The number of hydrogen-bond donors (Lipinski definition) is 1. The molecular formula is C16H16FNOS. The number of nitrogens with one attached hydrogen (secondary N) is 1. The van der Waals surface area contributed by atoms with Crippen LogP contribution in [0.2, 0.25) is 0 Å². The Kier molecular flexibility index (Phi) is 3.83. The number of halogens is 1. The lowest BCUT2D eigenvalue weighted by Crippen LogP contribution is -2.19. The summed E-state index contributed by atoms with van der Waals surface area (Å²) >= 11 is 1.90. The molecule has 0 spiro atoms. The van der Waals surface area contributed by atoms with Gasteiger partial charge in [-0.05, 0) is 23.3 Å². The molecule has 0 saturated heterocycles. The van der Waals surface area contributed by atoms with Crippen molar-refractivity contribution in [2.75, 3.05) is 18.2 Å². The lowest BCUT2D eigenvalue weighted by Gasteiger charge is -2.27. The standard InChI is InChI=1S/C16H16FNOS/c1-19-16-8-12(17)6-7-14(16)18-15-10-20-9-11-4-2-3-5-13(11)15/h2-8,15,18H,9-10H2,1H3. The maximum Gasteiger partial charge on any atom is 0.144 e. The average Bonchev–Trinajstić information content (AvgIpc) is 2.49. The van der Waals surface area contributed by atoms with Crippen LogP contribution in [-0.4, -0.2) is 12.9 Å². The molecule has 1 heterocycles. The van der Waals surface area contributed by atoms with Gasteiger partial charge in [-0.2, -0.15) is 11.8 Å². The summed E-state index contributed by atoms with van der Waals surface area (Å²) in [5, 5.41) is 3.47. The van der Waals surface area contributed by atoms with Gasteiger partial charge in [-0.15, -0.1) is 0 Å². The van der Waals surface area contributed by atoms with Gasteiger partial charge in [0, 0.05) is 17.6 Å². The Morgan fingerprint density at radius 1 is 1.25 bits per heavy atom. The van der Waals surface area contributed by atoms with Crippen molar-refractivity contribution in [3.05, 3.63) is 59.4 Å². The number of thioether (sulfide) groups is 1. The second kappa shape index (κ2) is 5.75. The molecule has 1 unspecified atom stereocenters. The monoisotopic (exact) mass is 289 g/mol. The van der Waals surface area contributed by atoms with E-state index >= 15 is 0 Å². The molecule has 1 atom stereocenters. The third-order valence-corrected chi connectivity index (χ3v) is 4.55. The van der Waals surface area contributed by atoms with Gasteiger partial charge in [0.1, 0.15) is 11.6 Å². The van der Waals surface area contributed by atoms with E-state index in [1.807, 2.05) is 11.8 Å². The van der Waals surface area contributed by atoms with Crippen molar-refractivity contribution in [1.29, 1.82) is 0 Å². The lowest BCUT2D eigenvalue weighted by atomic mass is 10.0. The number of methoxy groups -OCH3 is 1. The van der Waals surface area contributed by atoms with Crippen molar-refractivity contribution in [2.45, 2.75) is 11.8 Å². The minimum absolute atomic E-state index is 0.226. The lowest BCUT2D eigenvalue weighted by molar-refractivity contribution is 0.412. The zero-order valence-electron chi connectivity index (χ0n) is 11.2. The van der Waals surface area contributed by atoms with Gasteiger partial charge in [-0.25, -0.2) is 4.39 Å². The van der Waals surface area contributed by atoms with Gasteiger partial charge in [0.2, 0.25) is 0 Å². The molecule has 104 valence electrons. The molecule has 20 heavy (non-hydrogen) atoms. The first-order valence-corrected chi connectivity index (χ1v) is 7.69. The van der Waals surface area contributed by atoms with Crippen LogP contribution in [0.1, 0.15) is 17.2 Å². The third-order valence-electron chi connectivity index (χ3n) is 3.47. The zero-order chi connectivity index (χ0) is 13.9. The first-order valence-electron chi connectivity index (χ1n) is 6.53. The highest BCUT2D eigenvalue weighted by atomic mass is 32.2. The Hall–Kier alpha value is -1.68. The van der Waals surface area contributed by atoms with Crippen LogP contribution in [0, 0.1) is 5.82 Å². The summed E-state index contributed by atoms with van der Waals surface area (Å²) < 4.78 is 18.5. The van der Waals surface area contributed by atoms with Crippen LogP contribution in [0.4, 0.5) is 10.1 Å². The zero-order valence-corrected chi connectivity index (χ0v) is 12.0. The molecule has 1 aliphatic heterocycles. The first-order chi connectivity index (χ1) is 9.78. The number of fused-ring (bicyclic) bond motifs is 1. The van der Waals surface area contributed by atoms with Gasteiger partial charge >= 0.3 is 0 Å². The van der Waals surface area contributed by atoms with E-state index in [0.717, 1.165) is 17.2 Å². The summed E-state index contributed by atoms with van der Waals surface area (Å²) in [5.74, 6) is 2.30. The van der Waals surface area contributed by atoms with Crippen molar-refractivity contribution in [3.8, 4) is 5.75 Å². The molecule has 0 saturated carbocycles. The molecule has 2 nitrogen and oxygen atoms in total. The van der Waals surface area contributed by atoms with Crippen molar-refractivity contribution >= 4 is 17.4 Å². The van der Waals surface area contributed by atoms with Crippen LogP contribution in [0.5, 0.6) is 5.75 Å². The molecular weight excluding hydrogens is 273 g/mol. The second-order valence-electron chi connectivity index (χ2n) is 4.76. The highest BCUT2D eigenvalue weighted by Gasteiger charge is 2.21. The fourth-order valence-corrected chi connectivity index (χ4v) is 3.57. The molecule has 1 N–H and O–H groups in total. The van der Waals surface area contributed by atoms with Crippen LogP contribution < -0.4 is 10.1 Å². The van der Waals surface area contributed by atoms with E-state index in [2.05, 4.69) is 29.6 Å². The van der Waals surface area contributed by atoms with Crippen LogP contribution in [-0.2, 0) is 5.75 Å². The van der Waals surface area contributed by atoms with Crippen LogP contribution in [0.15, 0.2) is 42.5 Å². The Balaban J connectivity index is 1.89. The predicted molar refractivity (Wildman–Crippen MR) is 81.9 cm³/mol. The molecule has 1 aliphatic rings. The molecule has 0 aromatic heterocycles. The molecule has 3 rings (SSSR count). The van der Waals surface area contributed by atoms with Gasteiger partial charge in [0.15, 0.2) is 0 Å². The maximum absolute atomic E-state index is 13.2. The number of rotatable bonds is 3. The molecule has 0 radical (unpaired) electrons. The number of hydrogen-bond acceptors (Lipinski definition) is 3. The van der Waals surface area contributed by atoms with Gasteiger partial charge in [0.25, 0.3) is 0 Å². The minimum atomic E-state index is -0.286. The van der Waals surface area contributed by atoms with Gasteiger partial charge < -0.3 is 10.1 Å². The van der Waals surface area contributed by atoms with E-state index < -0.39 is 0 Å². The van der Waals surface area contributed by atoms with Crippen LogP contribution in [0.3, 0.4) is 0 Å². The molecule has 0 aliphatic carbocycles. The van der Waals surface area contributed by atoms with Gasteiger partial charge in [-0.1, -0.05) is 24.3 Å². The van der Waals surface area contributed by atoms with Crippen molar-refractivity contribution in [1.82, 2.24) is 0 Å². The van der Waals surface area contributed by atoms with Gasteiger partial charge in [-0.3, -0.25) is 0 Å². The molecule has 4 heteroatoms. The second-order valence-corrected chi connectivity index (χ2v) is 5.79. The van der Waals surface area contributed by atoms with E-state index in [-0.39, 0.29) is 11.9 Å². The largest absolute Gasteiger partial charge is 0.494 e. The first kappa shape index (κ1) is 13.3. The Labute approximate surface area is 122 Å². The number of anilines is 1. The maximum atomic E-state index is 13.2. The summed E-state index contributed by atoms with van der Waals surface area (Å²) in [6, 6.07) is 13.3. The smallest absolute Gasteiger partial charge is 0.144 e. The van der Waals surface area contributed by atoms with E-state index in [9.17, 15) is 4.39 Å². The Morgan fingerprint density at radius 2 is 2.10 bits per heavy atom. The highest BCUT2D eigenvalue weighted by molar-refractivity contribution is 7.98. The summed E-state index contributed by atoms with van der Waals surface area (Å²) in [6.07, 6.45) is 0. The quantitative estimate of drug-likeness (QED) is 0.913. The topological polar surface area (TPSA) is 21.3 Å². The summed E-state index contributed by atoms with van der Waals surface area (Å²) in [4.78, 5) is 0. The van der Waals surface area contributed by atoms with E-state index in [0.29, 0.717) is 5.75 Å². The SMILES string of the molecule is COc1cc(F)ccc1NC1CSCc2ccccc21. The number of ether oxygens (including phenoxy) is 1. The van der Waals surface area contributed by atoms with Crippen LogP contribution >= 0.6 is 11.8 Å². The fraction of sp³-hybridized carbons (Fsp3) is 0.250. The third kappa shape index (κ3) is 2.61.